The second kappa shape index (κ2) is 8.40. The average molecular weight is 429 g/mol. The predicted molar refractivity (Wildman–Crippen MR) is 119 cm³/mol. The Kier molecular flexibility index (Phi) is 5.81. The van der Waals surface area contributed by atoms with Crippen LogP contribution in [0.4, 0.5) is 10.5 Å². The van der Waals surface area contributed by atoms with Gasteiger partial charge in [0, 0.05) is 37.3 Å². The molecule has 0 atom stereocenters. The third kappa shape index (κ3) is 4.48. The molecule has 1 aromatic heterocycles. The van der Waals surface area contributed by atoms with E-state index < -0.39 is 5.60 Å². The first kappa shape index (κ1) is 21.5. The lowest BCUT2D eigenvalue weighted by atomic mass is 10.1. The molecule has 1 amide bonds. The number of amides is 1. The van der Waals surface area contributed by atoms with Crippen molar-refractivity contribution in [3.8, 4) is 0 Å². The number of nitrogens with zero attached hydrogens (tertiary/aromatic N) is 4. The smallest absolute Gasteiger partial charge is 0.410 e. The predicted octanol–water partition coefficient (Wildman–Crippen LogP) is 4.00. The lowest BCUT2D eigenvalue weighted by molar-refractivity contribution is 0.0240. The Bertz CT molecular complexity index is 964. The molecule has 0 N–H and O–H groups in total. The number of esters is 1. The SMILES string of the molecule is COC(=O)c1cc(N2CCN(C(=O)OC(C)(C)C)CC2)cc2c1cnn2C1CCCC1. The van der Waals surface area contributed by atoms with Crippen LogP contribution in [0, 0.1) is 0 Å². The minimum absolute atomic E-state index is 0.280. The zero-order valence-electron chi connectivity index (χ0n) is 18.9. The number of carbonyl (C=O) groups excluding carboxylic acids is 2. The van der Waals surface area contributed by atoms with E-state index in [-0.39, 0.29) is 12.1 Å². The first-order valence-corrected chi connectivity index (χ1v) is 11.1. The molecule has 1 aliphatic carbocycles. The summed E-state index contributed by atoms with van der Waals surface area (Å²) in [5.74, 6) is -0.356. The number of piperazine rings is 1. The van der Waals surface area contributed by atoms with Crippen LogP contribution in [0.1, 0.15) is 62.9 Å². The lowest BCUT2D eigenvalue weighted by Gasteiger charge is -2.37. The van der Waals surface area contributed by atoms with E-state index in [0.29, 0.717) is 37.8 Å². The molecule has 2 fully saturated rings. The van der Waals surface area contributed by atoms with Gasteiger partial charge in [-0.1, -0.05) is 12.8 Å². The van der Waals surface area contributed by atoms with Gasteiger partial charge in [-0.3, -0.25) is 4.68 Å². The Labute approximate surface area is 183 Å². The van der Waals surface area contributed by atoms with Crippen LogP contribution in [0.2, 0.25) is 0 Å². The first-order chi connectivity index (χ1) is 14.8. The van der Waals surface area contributed by atoms with Crippen LogP contribution in [-0.2, 0) is 9.47 Å². The van der Waals surface area contributed by atoms with E-state index in [1.165, 1.54) is 20.0 Å². The molecule has 31 heavy (non-hydrogen) atoms. The van der Waals surface area contributed by atoms with Crippen LogP contribution in [0.25, 0.3) is 10.9 Å². The maximum Gasteiger partial charge on any atom is 0.410 e. The van der Waals surface area contributed by atoms with Gasteiger partial charge in [0.25, 0.3) is 0 Å². The van der Waals surface area contributed by atoms with E-state index in [1.54, 1.807) is 11.1 Å². The van der Waals surface area contributed by atoms with Crippen molar-refractivity contribution in [2.24, 2.45) is 0 Å². The Hall–Kier alpha value is -2.77. The molecule has 8 heteroatoms. The van der Waals surface area contributed by atoms with Crippen LogP contribution in [0.5, 0.6) is 0 Å². The van der Waals surface area contributed by atoms with Gasteiger partial charge >= 0.3 is 12.1 Å². The Morgan fingerprint density at radius 2 is 1.74 bits per heavy atom. The van der Waals surface area contributed by atoms with E-state index in [0.717, 1.165) is 29.4 Å². The third-order valence-corrected chi connectivity index (χ3v) is 6.07. The van der Waals surface area contributed by atoms with Crippen molar-refractivity contribution < 1.29 is 19.1 Å². The highest BCUT2D eigenvalue weighted by Gasteiger charge is 2.28. The molecule has 2 aromatic rings. The monoisotopic (exact) mass is 428 g/mol. The highest BCUT2D eigenvalue weighted by atomic mass is 16.6. The van der Waals surface area contributed by atoms with Crippen molar-refractivity contribution in [3.05, 3.63) is 23.9 Å². The van der Waals surface area contributed by atoms with Gasteiger partial charge in [0.1, 0.15) is 5.60 Å². The quantitative estimate of drug-likeness (QED) is 0.688. The van der Waals surface area contributed by atoms with Gasteiger partial charge in [-0.05, 0) is 45.7 Å². The van der Waals surface area contributed by atoms with E-state index in [2.05, 4.69) is 20.7 Å². The number of benzene rings is 1. The van der Waals surface area contributed by atoms with Crippen molar-refractivity contribution in [2.75, 3.05) is 38.2 Å². The maximum absolute atomic E-state index is 12.5. The summed E-state index contributed by atoms with van der Waals surface area (Å²) in [7, 11) is 1.40. The van der Waals surface area contributed by atoms with Crippen LogP contribution < -0.4 is 4.90 Å². The molecule has 1 aliphatic heterocycles. The topological polar surface area (TPSA) is 76.9 Å². The summed E-state index contributed by atoms with van der Waals surface area (Å²) < 4.78 is 12.6. The van der Waals surface area contributed by atoms with Crippen LogP contribution in [0.15, 0.2) is 18.3 Å². The van der Waals surface area contributed by atoms with Crippen molar-refractivity contribution in [1.29, 1.82) is 0 Å². The minimum Gasteiger partial charge on any atom is -0.465 e. The molecule has 0 bridgehead atoms. The Balaban J connectivity index is 1.60. The largest absolute Gasteiger partial charge is 0.465 e. The summed E-state index contributed by atoms with van der Waals surface area (Å²) in [6, 6.07) is 4.39. The molecule has 0 unspecified atom stereocenters. The molecule has 2 aliphatic rings. The summed E-state index contributed by atoms with van der Waals surface area (Å²) in [6.45, 7) is 8.10. The van der Waals surface area contributed by atoms with E-state index in [9.17, 15) is 9.59 Å². The molecule has 1 saturated heterocycles. The van der Waals surface area contributed by atoms with Gasteiger partial charge in [0.05, 0.1) is 30.4 Å². The zero-order chi connectivity index (χ0) is 22.2. The normalized spacial score (nSPS) is 17.9. The first-order valence-electron chi connectivity index (χ1n) is 11.1. The second-order valence-corrected chi connectivity index (χ2v) is 9.40. The molecule has 1 aromatic carbocycles. The molecule has 2 heterocycles. The fraction of sp³-hybridized carbons (Fsp3) is 0.609. The number of rotatable bonds is 3. The van der Waals surface area contributed by atoms with Crippen LogP contribution in [0.3, 0.4) is 0 Å². The molecule has 0 spiro atoms. The van der Waals surface area contributed by atoms with Gasteiger partial charge < -0.3 is 19.3 Å². The van der Waals surface area contributed by atoms with Crippen molar-refractivity contribution in [3.63, 3.8) is 0 Å². The lowest BCUT2D eigenvalue weighted by Crippen LogP contribution is -2.50. The van der Waals surface area contributed by atoms with Gasteiger partial charge in [0.15, 0.2) is 0 Å². The number of ether oxygens (including phenoxy) is 2. The van der Waals surface area contributed by atoms with Gasteiger partial charge in [-0.25, -0.2) is 9.59 Å². The van der Waals surface area contributed by atoms with Crippen LogP contribution >= 0.6 is 0 Å². The molecule has 8 nitrogen and oxygen atoms in total. The number of fused-ring (bicyclic) bond motifs is 1. The summed E-state index contributed by atoms with van der Waals surface area (Å²) >= 11 is 0. The van der Waals surface area contributed by atoms with E-state index in [4.69, 9.17) is 9.47 Å². The molecule has 0 radical (unpaired) electrons. The minimum atomic E-state index is -0.507. The maximum atomic E-state index is 12.5. The summed E-state index contributed by atoms with van der Waals surface area (Å²) in [4.78, 5) is 28.9. The van der Waals surface area contributed by atoms with Crippen molar-refractivity contribution in [2.45, 2.75) is 58.1 Å². The Morgan fingerprint density at radius 3 is 2.35 bits per heavy atom. The number of carbonyl (C=O) groups is 2. The second-order valence-electron chi connectivity index (χ2n) is 9.40. The van der Waals surface area contributed by atoms with Gasteiger partial charge in [-0.15, -0.1) is 0 Å². The number of aromatic nitrogens is 2. The average Bonchev–Trinajstić information content (AvgIpc) is 3.40. The van der Waals surface area contributed by atoms with Gasteiger partial charge in [0.2, 0.25) is 0 Å². The molecular formula is C23H32N4O4. The van der Waals surface area contributed by atoms with E-state index >= 15 is 0 Å². The molecule has 4 rings (SSSR count). The Morgan fingerprint density at radius 1 is 1.06 bits per heavy atom. The molecule has 168 valence electrons. The summed E-state index contributed by atoms with van der Waals surface area (Å²) in [5, 5.41) is 5.46. The highest BCUT2D eigenvalue weighted by molar-refractivity contribution is 6.05. The van der Waals surface area contributed by atoms with Gasteiger partial charge in [-0.2, -0.15) is 5.10 Å². The standard InChI is InChI=1S/C23H32N4O4/c1-23(2,3)31-22(29)26-11-9-25(10-12-26)17-13-18(21(28)30-4)19-15-24-27(20(19)14-17)16-7-5-6-8-16/h13-16H,5-12H2,1-4H3. The fourth-order valence-electron chi connectivity index (χ4n) is 4.51. The highest BCUT2D eigenvalue weighted by Crippen LogP contribution is 2.34. The zero-order valence-corrected chi connectivity index (χ0v) is 18.9. The summed E-state index contributed by atoms with van der Waals surface area (Å²) in [5.41, 5.74) is 1.96. The molecular weight excluding hydrogens is 396 g/mol. The number of hydrogen-bond donors (Lipinski definition) is 0. The number of methoxy groups -OCH3 is 1. The molecule has 1 saturated carbocycles. The number of hydrogen-bond acceptors (Lipinski definition) is 6. The third-order valence-electron chi connectivity index (χ3n) is 6.07. The van der Waals surface area contributed by atoms with E-state index in [1.807, 2.05) is 26.8 Å². The van der Waals surface area contributed by atoms with Crippen LogP contribution in [-0.4, -0.2) is 65.6 Å². The summed E-state index contributed by atoms with van der Waals surface area (Å²) in [6.07, 6.45) is 6.15. The van der Waals surface area contributed by atoms with Crippen molar-refractivity contribution in [1.82, 2.24) is 14.7 Å². The fourth-order valence-corrected chi connectivity index (χ4v) is 4.51. The number of anilines is 1. The van der Waals surface area contributed by atoms with Crippen molar-refractivity contribution >= 4 is 28.7 Å².